The van der Waals surface area contributed by atoms with E-state index in [4.69, 9.17) is 5.73 Å². The fourth-order valence-corrected chi connectivity index (χ4v) is 4.65. The van der Waals surface area contributed by atoms with E-state index >= 15 is 0 Å². The first kappa shape index (κ1) is 18.2. The lowest BCUT2D eigenvalue weighted by molar-refractivity contribution is -0.131. The van der Waals surface area contributed by atoms with E-state index in [2.05, 4.69) is 16.0 Å². The van der Waals surface area contributed by atoms with Crippen LogP contribution in [-0.4, -0.2) is 42.9 Å². The second-order valence-corrected chi connectivity index (χ2v) is 8.03. The molecule has 3 fully saturated rings. The number of hydrogen-bond acceptors (Lipinski definition) is 4. The zero-order valence-electron chi connectivity index (χ0n) is 14.8. The van der Waals surface area contributed by atoms with Gasteiger partial charge in [-0.3, -0.25) is 14.4 Å². The molecule has 1 spiro atoms. The van der Waals surface area contributed by atoms with Gasteiger partial charge in [-0.15, -0.1) is 0 Å². The van der Waals surface area contributed by atoms with Gasteiger partial charge in [0, 0.05) is 19.0 Å². The summed E-state index contributed by atoms with van der Waals surface area (Å²) >= 11 is 0. The van der Waals surface area contributed by atoms with E-state index in [1.165, 1.54) is 32.1 Å². The molecular weight excluding hydrogens is 320 g/mol. The standard InChI is InChI=1S/C18H30N4O3/c19-15(23)13(9-12-5-4-8-20-16(12)24)22-17(25)14-10-18(11-21-14)6-2-1-3-7-18/h12-14,21H,1-11H2,(H2,19,23)(H,20,24)(H,22,25)/t12-,13-,14-/m0/s1. The lowest BCUT2D eigenvalue weighted by Gasteiger charge is -2.32. The van der Waals surface area contributed by atoms with Gasteiger partial charge in [0.2, 0.25) is 17.7 Å². The summed E-state index contributed by atoms with van der Waals surface area (Å²) in [5, 5.41) is 8.93. The number of nitrogens with one attached hydrogen (secondary N) is 3. The van der Waals surface area contributed by atoms with Gasteiger partial charge < -0.3 is 21.7 Å². The molecule has 7 heteroatoms. The van der Waals surface area contributed by atoms with E-state index < -0.39 is 11.9 Å². The van der Waals surface area contributed by atoms with Crippen LogP contribution in [0.15, 0.2) is 0 Å². The quantitative estimate of drug-likeness (QED) is 0.566. The van der Waals surface area contributed by atoms with Crippen LogP contribution in [0.3, 0.4) is 0 Å². The molecule has 5 N–H and O–H groups in total. The second-order valence-electron chi connectivity index (χ2n) is 8.03. The van der Waals surface area contributed by atoms with E-state index in [0.717, 1.165) is 25.8 Å². The molecule has 0 radical (unpaired) electrons. The maximum atomic E-state index is 12.6. The zero-order valence-corrected chi connectivity index (χ0v) is 14.8. The van der Waals surface area contributed by atoms with Crippen LogP contribution in [0, 0.1) is 11.3 Å². The van der Waals surface area contributed by atoms with E-state index in [1.54, 1.807) is 0 Å². The molecule has 0 bridgehead atoms. The van der Waals surface area contributed by atoms with Crippen molar-refractivity contribution in [2.45, 2.75) is 69.9 Å². The highest BCUT2D eigenvalue weighted by Crippen LogP contribution is 2.42. The topological polar surface area (TPSA) is 113 Å². The van der Waals surface area contributed by atoms with Crippen LogP contribution in [0.2, 0.25) is 0 Å². The number of primary amides is 1. The first-order valence-electron chi connectivity index (χ1n) is 9.60. The van der Waals surface area contributed by atoms with Crippen molar-refractivity contribution in [1.82, 2.24) is 16.0 Å². The maximum Gasteiger partial charge on any atom is 0.240 e. The molecule has 1 saturated carbocycles. The SMILES string of the molecule is NC(=O)[C@H](C[C@@H]1CCCNC1=O)NC(=O)[C@@H]1CC2(CCCCC2)CN1. The molecule has 2 saturated heterocycles. The molecule has 3 amide bonds. The summed E-state index contributed by atoms with van der Waals surface area (Å²) in [5.41, 5.74) is 5.72. The summed E-state index contributed by atoms with van der Waals surface area (Å²) in [7, 11) is 0. The van der Waals surface area contributed by atoms with Crippen molar-refractivity contribution < 1.29 is 14.4 Å². The molecular formula is C18H30N4O3. The Kier molecular flexibility index (Phi) is 5.61. The fourth-order valence-electron chi connectivity index (χ4n) is 4.65. The molecule has 3 aliphatic rings. The van der Waals surface area contributed by atoms with Gasteiger partial charge in [-0.1, -0.05) is 19.3 Å². The van der Waals surface area contributed by atoms with Crippen molar-refractivity contribution in [2.75, 3.05) is 13.1 Å². The van der Waals surface area contributed by atoms with Crippen molar-refractivity contribution in [2.24, 2.45) is 17.1 Å². The number of carbonyl (C=O) groups is 3. The summed E-state index contributed by atoms with van der Waals surface area (Å²) in [6.45, 7) is 1.55. The molecule has 0 aromatic rings. The molecule has 7 nitrogen and oxygen atoms in total. The number of hydrogen-bond donors (Lipinski definition) is 4. The summed E-state index contributed by atoms with van der Waals surface area (Å²) < 4.78 is 0. The molecule has 2 aliphatic heterocycles. The van der Waals surface area contributed by atoms with E-state index in [0.29, 0.717) is 6.54 Å². The number of carbonyl (C=O) groups excluding carboxylic acids is 3. The molecule has 3 atom stereocenters. The Bertz CT molecular complexity index is 530. The molecule has 2 heterocycles. The van der Waals surface area contributed by atoms with Crippen LogP contribution in [-0.2, 0) is 14.4 Å². The Morgan fingerprint density at radius 3 is 2.68 bits per heavy atom. The molecule has 0 aromatic carbocycles. The average Bonchev–Trinajstić information content (AvgIpc) is 3.00. The van der Waals surface area contributed by atoms with E-state index in [-0.39, 0.29) is 35.6 Å². The largest absolute Gasteiger partial charge is 0.368 e. The van der Waals surface area contributed by atoms with Gasteiger partial charge in [0.15, 0.2) is 0 Å². The third kappa shape index (κ3) is 4.32. The van der Waals surface area contributed by atoms with Gasteiger partial charge in [0.1, 0.15) is 6.04 Å². The maximum absolute atomic E-state index is 12.6. The smallest absolute Gasteiger partial charge is 0.240 e. The predicted molar refractivity (Wildman–Crippen MR) is 93.4 cm³/mol. The zero-order chi connectivity index (χ0) is 17.9. The lowest BCUT2D eigenvalue weighted by atomic mass is 9.72. The predicted octanol–water partition coefficient (Wildman–Crippen LogP) is 0.185. The fraction of sp³-hybridized carbons (Fsp3) is 0.833. The Morgan fingerprint density at radius 2 is 2.00 bits per heavy atom. The number of piperidine rings is 1. The van der Waals surface area contributed by atoms with E-state index in [9.17, 15) is 14.4 Å². The highest BCUT2D eigenvalue weighted by molar-refractivity contribution is 5.90. The minimum absolute atomic E-state index is 0.0492. The summed E-state index contributed by atoms with van der Waals surface area (Å²) in [4.78, 5) is 36.3. The normalized spacial score (nSPS) is 29.8. The average molecular weight is 350 g/mol. The Labute approximate surface area is 148 Å². The van der Waals surface area contributed by atoms with Gasteiger partial charge in [-0.05, 0) is 43.9 Å². The Balaban J connectivity index is 1.55. The van der Waals surface area contributed by atoms with Gasteiger partial charge in [-0.2, -0.15) is 0 Å². The molecule has 3 rings (SSSR count). The molecule has 140 valence electrons. The molecule has 0 aromatic heterocycles. The third-order valence-electron chi connectivity index (χ3n) is 6.17. The number of rotatable bonds is 5. The van der Waals surface area contributed by atoms with Crippen LogP contribution >= 0.6 is 0 Å². The van der Waals surface area contributed by atoms with Crippen LogP contribution in [0.4, 0.5) is 0 Å². The number of nitrogens with two attached hydrogens (primary N) is 1. The third-order valence-corrected chi connectivity index (χ3v) is 6.17. The van der Waals surface area contributed by atoms with Crippen molar-refractivity contribution in [3.63, 3.8) is 0 Å². The van der Waals surface area contributed by atoms with Gasteiger partial charge in [0.25, 0.3) is 0 Å². The highest BCUT2D eigenvalue weighted by atomic mass is 16.2. The number of amides is 3. The Hall–Kier alpha value is -1.63. The van der Waals surface area contributed by atoms with Crippen molar-refractivity contribution in [3.8, 4) is 0 Å². The first-order chi connectivity index (χ1) is 12.0. The van der Waals surface area contributed by atoms with Crippen molar-refractivity contribution >= 4 is 17.7 Å². The van der Waals surface area contributed by atoms with Crippen LogP contribution in [0.5, 0.6) is 0 Å². The van der Waals surface area contributed by atoms with E-state index in [1.807, 2.05) is 0 Å². The summed E-state index contributed by atoms with van der Waals surface area (Å²) in [6.07, 6.45) is 8.83. The lowest BCUT2D eigenvalue weighted by Crippen LogP contribution is -2.52. The molecule has 0 unspecified atom stereocenters. The molecule has 25 heavy (non-hydrogen) atoms. The minimum Gasteiger partial charge on any atom is -0.368 e. The van der Waals surface area contributed by atoms with Gasteiger partial charge >= 0.3 is 0 Å². The van der Waals surface area contributed by atoms with Crippen LogP contribution < -0.4 is 21.7 Å². The van der Waals surface area contributed by atoms with Crippen LogP contribution in [0.25, 0.3) is 0 Å². The summed E-state index contributed by atoms with van der Waals surface area (Å²) in [6, 6.07) is -1.05. The minimum atomic E-state index is -0.786. The Morgan fingerprint density at radius 1 is 1.24 bits per heavy atom. The van der Waals surface area contributed by atoms with Crippen LogP contribution in [0.1, 0.15) is 57.8 Å². The highest BCUT2D eigenvalue weighted by Gasteiger charge is 2.42. The van der Waals surface area contributed by atoms with Crippen molar-refractivity contribution in [3.05, 3.63) is 0 Å². The molecule has 1 aliphatic carbocycles. The van der Waals surface area contributed by atoms with Gasteiger partial charge in [0.05, 0.1) is 6.04 Å². The second kappa shape index (κ2) is 7.72. The first-order valence-corrected chi connectivity index (χ1v) is 9.60. The monoisotopic (exact) mass is 350 g/mol. The van der Waals surface area contributed by atoms with Gasteiger partial charge in [-0.25, -0.2) is 0 Å². The van der Waals surface area contributed by atoms with Crippen molar-refractivity contribution in [1.29, 1.82) is 0 Å². The summed E-state index contributed by atoms with van der Waals surface area (Å²) in [5.74, 6) is -1.04.